The molecule has 2 heterocycles. The SMILES string of the molecule is CC(C)[C@H](NC(=O)[C@H](CO)NC(=O)[C@H](Cc1ccc(O)cc1)NC(=O)[C@H](Cc1ccc(O)cc1)NC(=O)CNC(=O)[C@H](CCC(N)=O)NC(=O)CNC(=O)[C@H](C)NC(=O)[C@@H](NC(=O)[C@@H]1CCCN1C(=O)[C@H](CCCCN)NC(=O)[C@H](Cc1ccc(O)cc1)NC(=O)[C@@H](N)Cc1c[nH]c2cc(Br)ccc12)[C@@H](C)O)C(=O)O. The van der Waals surface area contributed by atoms with Crippen LogP contribution in [0.25, 0.3) is 10.9 Å². The first kappa shape index (κ1) is 87.6. The molecule has 0 unspecified atom stereocenters. The maximum atomic E-state index is 14.7. The maximum absolute atomic E-state index is 14.7. The zero-order chi connectivity index (χ0) is 81.1. The minimum absolute atomic E-state index is 0.0311. The molecule has 1 aliphatic heterocycles. The predicted octanol–water partition coefficient (Wildman–Crippen LogP) is -3.24. The van der Waals surface area contributed by atoms with Gasteiger partial charge in [0.25, 0.3) is 0 Å². The number of halogens is 1. The van der Waals surface area contributed by atoms with Crippen LogP contribution in [-0.4, -0.2) is 229 Å². The number of nitrogens with zero attached hydrogens (tertiary/aromatic N) is 1. The van der Waals surface area contributed by atoms with Gasteiger partial charge < -0.3 is 116 Å². The van der Waals surface area contributed by atoms with Crippen LogP contribution in [0.5, 0.6) is 17.2 Å². The van der Waals surface area contributed by atoms with E-state index in [1.54, 1.807) is 18.3 Å². The molecular weight excluding hydrogens is 1500 g/mol. The van der Waals surface area contributed by atoms with E-state index in [1.807, 2.05) is 18.2 Å². The highest BCUT2D eigenvalue weighted by molar-refractivity contribution is 9.10. The van der Waals surface area contributed by atoms with Gasteiger partial charge in [-0.1, -0.05) is 72.2 Å². The number of hydrogen-bond donors (Lipinski definition) is 21. The van der Waals surface area contributed by atoms with Crippen molar-refractivity contribution in [2.75, 3.05) is 32.8 Å². The fourth-order valence-electron chi connectivity index (χ4n) is 11.9. The molecule has 110 heavy (non-hydrogen) atoms. The number of hydrogen-bond acceptors (Lipinski definition) is 21. The molecule has 13 amide bonds. The molecule has 1 fully saturated rings. The summed E-state index contributed by atoms with van der Waals surface area (Å²) in [6.07, 6.45) is -0.218. The third-order valence-electron chi connectivity index (χ3n) is 18.0. The van der Waals surface area contributed by atoms with Crippen molar-refractivity contribution in [1.82, 2.24) is 68.4 Å². The molecule has 36 nitrogen and oxygen atoms in total. The number of aromatic hydroxyl groups is 3. The number of nitrogens with one attached hydrogen (secondary N) is 12. The molecule has 4 aromatic carbocycles. The van der Waals surface area contributed by atoms with Gasteiger partial charge in [-0.25, -0.2) is 4.79 Å². The number of carbonyl (C=O) groups excluding carboxylic acids is 13. The second kappa shape index (κ2) is 42.5. The highest BCUT2D eigenvalue weighted by atomic mass is 79.9. The number of nitrogens with two attached hydrogens (primary N) is 3. The number of rotatable bonds is 42. The van der Waals surface area contributed by atoms with E-state index in [2.05, 4.69) is 79.4 Å². The van der Waals surface area contributed by atoms with Crippen molar-refractivity contribution < 1.29 is 97.8 Å². The Bertz CT molecular complexity index is 4070. The number of phenolic OH excluding ortho intramolecular Hbond substituents is 3. The van der Waals surface area contributed by atoms with Gasteiger partial charge in [0.05, 0.1) is 31.8 Å². The number of aliphatic hydroxyl groups is 2. The molecule has 0 aliphatic carbocycles. The highest BCUT2D eigenvalue weighted by Crippen LogP contribution is 2.25. The fourth-order valence-corrected chi connectivity index (χ4v) is 12.2. The predicted molar refractivity (Wildman–Crippen MR) is 399 cm³/mol. The Morgan fingerprint density at radius 2 is 1.05 bits per heavy atom. The van der Waals surface area contributed by atoms with Crippen LogP contribution < -0.4 is 75.7 Å². The van der Waals surface area contributed by atoms with E-state index in [0.29, 0.717) is 36.0 Å². The Hall–Kier alpha value is -11.3. The van der Waals surface area contributed by atoms with E-state index in [4.69, 9.17) is 17.2 Å². The zero-order valence-electron chi connectivity index (χ0n) is 61.0. The number of phenols is 3. The van der Waals surface area contributed by atoms with Gasteiger partial charge in [0.15, 0.2) is 0 Å². The standard InChI is InChI=1S/C73H97BrN16O20/c1-37(2)61(73(109)110)88-69(105)56(36-91)87-68(104)55(30-42-14-21-47(95)22-15-42)86-66(102)53(28-40-10-17-45(93)18-11-40)83-60(98)35-80-65(101)50(24-25-58(77)96)82-59(97)34-79-63(99)38(3)81-71(107)62(39(4)92)89-70(106)57-9-7-27-90(57)72(108)51(8-5-6-26-75)84-67(103)54(29-41-12-19-46(94)20-13-41)85-64(100)49(76)31-43-33-78-52-32-44(74)16-23-48(43)52/h10-23,32-33,37-39,49-51,53-57,61-62,78,91-95H,5-9,24-31,34-36,75-76H2,1-4H3,(H2,77,96)(H,79,99)(H,80,101)(H,81,107)(H,82,97)(H,83,98)(H,84,103)(H,85,100)(H,86,102)(H,87,104)(H,88,105)(H,89,106)(H,109,110)/t38-,39+,49-,50-,51-,53-,54-,55-,56-,57-,61-,62-/m0/s1. The lowest BCUT2D eigenvalue weighted by atomic mass is 10.0. The minimum Gasteiger partial charge on any atom is -0.508 e. The lowest BCUT2D eigenvalue weighted by Gasteiger charge is -2.31. The molecule has 24 N–H and O–H groups in total. The van der Waals surface area contributed by atoms with Gasteiger partial charge in [0, 0.05) is 53.8 Å². The van der Waals surface area contributed by atoms with Crippen LogP contribution in [0.2, 0.25) is 0 Å². The number of unbranched alkanes of at least 4 members (excludes halogenated alkanes) is 1. The van der Waals surface area contributed by atoms with Crippen LogP contribution in [0.3, 0.4) is 0 Å². The summed E-state index contributed by atoms with van der Waals surface area (Å²) < 4.78 is 0.834. The molecular formula is C73H97BrN16O20. The van der Waals surface area contributed by atoms with Gasteiger partial charge in [0.1, 0.15) is 77.7 Å². The lowest BCUT2D eigenvalue weighted by molar-refractivity contribution is -0.144. The van der Waals surface area contributed by atoms with Crippen LogP contribution in [0.15, 0.2) is 102 Å². The summed E-state index contributed by atoms with van der Waals surface area (Å²) in [4.78, 5) is 195. The first-order chi connectivity index (χ1) is 52.1. The zero-order valence-corrected chi connectivity index (χ0v) is 62.6. The Balaban J connectivity index is 1.06. The number of aliphatic hydroxyl groups excluding tert-OH is 2. The van der Waals surface area contributed by atoms with E-state index >= 15 is 0 Å². The quantitative estimate of drug-likeness (QED) is 0.0171. The van der Waals surface area contributed by atoms with Crippen molar-refractivity contribution in [3.8, 4) is 17.2 Å². The third-order valence-corrected chi connectivity index (χ3v) is 18.5. The lowest BCUT2D eigenvalue weighted by Crippen LogP contribution is -2.61. The fraction of sp³-hybridized carbons (Fsp3) is 0.452. The summed E-state index contributed by atoms with van der Waals surface area (Å²) in [6.45, 7) is 2.91. The number of aliphatic carboxylic acids is 1. The molecule has 37 heteroatoms. The number of primary amides is 1. The number of aromatic nitrogens is 1. The van der Waals surface area contributed by atoms with Crippen LogP contribution in [-0.2, 0) is 92.8 Å². The smallest absolute Gasteiger partial charge is 0.326 e. The molecule has 596 valence electrons. The van der Waals surface area contributed by atoms with E-state index in [-0.39, 0.29) is 68.9 Å². The Morgan fingerprint density at radius 3 is 1.55 bits per heavy atom. The van der Waals surface area contributed by atoms with E-state index < -0.39 is 194 Å². The van der Waals surface area contributed by atoms with E-state index in [9.17, 15) is 97.8 Å². The van der Waals surface area contributed by atoms with Gasteiger partial charge in [-0.15, -0.1) is 0 Å². The van der Waals surface area contributed by atoms with E-state index in [0.717, 1.165) is 20.9 Å². The number of likely N-dealkylation sites (tertiary alicyclic amines) is 1. The molecule has 1 saturated heterocycles. The normalized spacial score (nSPS) is 15.6. The largest absolute Gasteiger partial charge is 0.508 e. The van der Waals surface area contributed by atoms with Crippen molar-refractivity contribution in [2.24, 2.45) is 23.1 Å². The van der Waals surface area contributed by atoms with Crippen molar-refractivity contribution in [3.05, 3.63) is 124 Å². The highest BCUT2D eigenvalue weighted by Gasteiger charge is 2.41. The van der Waals surface area contributed by atoms with Gasteiger partial charge in [-0.3, -0.25) is 62.3 Å². The van der Waals surface area contributed by atoms with Crippen molar-refractivity contribution in [1.29, 1.82) is 0 Å². The number of carbonyl (C=O) groups is 14. The van der Waals surface area contributed by atoms with Crippen molar-refractivity contribution >= 4 is 110 Å². The monoisotopic (exact) mass is 1600 g/mol. The van der Waals surface area contributed by atoms with Crippen LogP contribution in [0.1, 0.15) is 94.9 Å². The molecule has 1 aliphatic rings. The number of H-pyrrole nitrogens is 1. The number of aromatic amines is 1. The average molecular weight is 1600 g/mol. The minimum atomic E-state index is -1.74. The summed E-state index contributed by atoms with van der Waals surface area (Å²) >= 11 is 3.44. The van der Waals surface area contributed by atoms with Gasteiger partial charge in [0.2, 0.25) is 76.8 Å². The van der Waals surface area contributed by atoms with Crippen LogP contribution >= 0.6 is 15.9 Å². The molecule has 0 saturated carbocycles. The molecule has 0 radical (unpaired) electrons. The Kier molecular flexibility index (Phi) is 33.8. The topological polar surface area (TPSA) is 590 Å². The second-order valence-corrected chi connectivity index (χ2v) is 27.9. The second-order valence-electron chi connectivity index (χ2n) is 27.0. The number of benzene rings is 4. The molecule has 0 spiro atoms. The summed E-state index contributed by atoms with van der Waals surface area (Å²) in [5.41, 5.74) is 20.5. The number of fused-ring (bicyclic) bond motifs is 1. The molecule has 1 aromatic heterocycles. The summed E-state index contributed by atoms with van der Waals surface area (Å²) in [5, 5.41) is 88.2. The third kappa shape index (κ3) is 27.1. The van der Waals surface area contributed by atoms with Crippen LogP contribution in [0.4, 0.5) is 0 Å². The first-order valence-corrected chi connectivity index (χ1v) is 36.4. The summed E-state index contributed by atoms with van der Waals surface area (Å²) in [7, 11) is 0. The average Bonchev–Trinajstić information content (AvgIpc) is 1.61. The summed E-state index contributed by atoms with van der Waals surface area (Å²) in [6, 6.07) is 6.26. The summed E-state index contributed by atoms with van der Waals surface area (Å²) in [5.74, 6) is -14.6. The molecule has 0 bridgehead atoms. The first-order valence-electron chi connectivity index (χ1n) is 35.6. The van der Waals surface area contributed by atoms with Crippen molar-refractivity contribution in [3.63, 3.8) is 0 Å². The van der Waals surface area contributed by atoms with Gasteiger partial charge in [-0.05, 0) is 142 Å². The van der Waals surface area contributed by atoms with Gasteiger partial charge in [-0.2, -0.15) is 0 Å². The van der Waals surface area contributed by atoms with E-state index in [1.165, 1.54) is 93.3 Å². The molecule has 5 aromatic rings. The van der Waals surface area contributed by atoms with Crippen molar-refractivity contribution in [2.45, 2.75) is 171 Å². The Labute approximate surface area is 640 Å². The number of amides is 13. The number of carboxylic acids is 1. The molecule has 12 atom stereocenters. The molecule has 6 rings (SSSR count). The number of carboxylic acid groups (broad SMARTS) is 1. The van der Waals surface area contributed by atoms with Crippen LogP contribution in [0, 0.1) is 5.92 Å². The Morgan fingerprint density at radius 1 is 0.555 bits per heavy atom. The van der Waals surface area contributed by atoms with Gasteiger partial charge >= 0.3 is 5.97 Å². The maximum Gasteiger partial charge on any atom is 0.326 e.